The normalized spacial score (nSPS) is 10.5. The number of aromatic nitrogens is 1. The highest BCUT2D eigenvalue weighted by molar-refractivity contribution is 5.82. The van der Waals surface area contributed by atoms with Gasteiger partial charge in [-0.25, -0.2) is 0 Å². The zero-order chi connectivity index (χ0) is 8.55. The summed E-state index contributed by atoms with van der Waals surface area (Å²) >= 11 is 0. The highest BCUT2D eigenvalue weighted by Crippen LogP contribution is 2.14. The maximum atomic E-state index is 4.25. The van der Waals surface area contributed by atoms with Crippen molar-refractivity contribution in [1.29, 1.82) is 0 Å². The van der Waals surface area contributed by atoms with E-state index in [0.29, 0.717) is 0 Å². The monoisotopic (exact) mass is 157 g/mol. The van der Waals surface area contributed by atoms with Gasteiger partial charge in [-0.05, 0) is 31.4 Å². The average molecular weight is 157 g/mol. The highest BCUT2D eigenvalue weighted by atomic mass is 14.6. The van der Waals surface area contributed by atoms with E-state index in [2.05, 4.69) is 36.2 Å². The Morgan fingerprint density at radius 2 is 1.83 bits per heavy atom. The number of fused-ring (bicyclic) bond motifs is 1. The van der Waals surface area contributed by atoms with Crippen LogP contribution in [0, 0.1) is 13.8 Å². The molecule has 1 aromatic carbocycles. The second-order valence-corrected chi connectivity index (χ2v) is 3.18. The molecule has 0 atom stereocenters. The maximum absolute atomic E-state index is 4.25. The third-order valence-corrected chi connectivity index (χ3v) is 2.01. The van der Waals surface area contributed by atoms with Crippen molar-refractivity contribution in [3.63, 3.8) is 0 Å². The van der Waals surface area contributed by atoms with Crippen molar-refractivity contribution in [1.82, 2.24) is 4.98 Å². The van der Waals surface area contributed by atoms with Crippen molar-refractivity contribution in [3.8, 4) is 0 Å². The van der Waals surface area contributed by atoms with Gasteiger partial charge in [0, 0.05) is 17.3 Å². The SMILES string of the molecule is Cc1ccc2cc(C)ncc2c1. The first-order chi connectivity index (χ1) is 5.75. The standard InChI is InChI=1S/C11H11N/c1-8-3-4-10-6-9(2)12-7-11(10)5-8/h3-7H,1-2H3. The van der Waals surface area contributed by atoms with Gasteiger partial charge >= 0.3 is 0 Å². The van der Waals surface area contributed by atoms with Crippen LogP contribution < -0.4 is 0 Å². The molecular formula is C11H11N. The lowest BCUT2D eigenvalue weighted by molar-refractivity contribution is 1.22. The van der Waals surface area contributed by atoms with Crippen molar-refractivity contribution in [2.45, 2.75) is 13.8 Å². The van der Waals surface area contributed by atoms with Crippen LogP contribution in [-0.4, -0.2) is 4.98 Å². The molecule has 0 saturated carbocycles. The van der Waals surface area contributed by atoms with E-state index in [1.165, 1.54) is 16.3 Å². The lowest BCUT2D eigenvalue weighted by Gasteiger charge is -1.99. The van der Waals surface area contributed by atoms with Crippen molar-refractivity contribution in [2.75, 3.05) is 0 Å². The fourth-order valence-corrected chi connectivity index (χ4v) is 1.37. The Labute approximate surface area is 72.1 Å². The molecule has 0 bridgehead atoms. The minimum Gasteiger partial charge on any atom is -0.261 e. The smallest absolute Gasteiger partial charge is 0.0379 e. The van der Waals surface area contributed by atoms with E-state index in [9.17, 15) is 0 Å². The molecule has 2 rings (SSSR count). The van der Waals surface area contributed by atoms with Crippen molar-refractivity contribution in [2.24, 2.45) is 0 Å². The molecule has 0 radical (unpaired) electrons. The predicted molar refractivity (Wildman–Crippen MR) is 51.2 cm³/mol. The van der Waals surface area contributed by atoms with Gasteiger partial charge in [0.25, 0.3) is 0 Å². The first-order valence-corrected chi connectivity index (χ1v) is 4.09. The molecule has 0 aliphatic heterocycles. The van der Waals surface area contributed by atoms with E-state index in [1.54, 1.807) is 0 Å². The molecule has 0 N–H and O–H groups in total. The van der Waals surface area contributed by atoms with Gasteiger partial charge in [0.05, 0.1) is 0 Å². The van der Waals surface area contributed by atoms with Crippen LogP contribution in [0.25, 0.3) is 10.8 Å². The zero-order valence-corrected chi connectivity index (χ0v) is 7.33. The summed E-state index contributed by atoms with van der Waals surface area (Å²) in [6.45, 7) is 4.11. The van der Waals surface area contributed by atoms with Crippen LogP contribution in [0.3, 0.4) is 0 Å². The van der Waals surface area contributed by atoms with Gasteiger partial charge in [-0.3, -0.25) is 4.98 Å². The Morgan fingerprint density at radius 3 is 2.67 bits per heavy atom. The fourth-order valence-electron chi connectivity index (χ4n) is 1.37. The van der Waals surface area contributed by atoms with E-state index in [-0.39, 0.29) is 0 Å². The first kappa shape index (κ1) is 7.29. The van der Waals surface area contributed by atoms with Gasteiger partial charge in [0.2, 0.25) is 0 Å². The molecule has 12 heavy (non-hydrogen) atoms. The average Bonchev–Trinajstić information content (AvgIpc) is 2.05. The number of pyridine rings is 1. The Morgan fingerprint density at radius 1 is 1.00 bits per heavy atom. The van der Waals surface area contributed by atoms with Crippen LogP contribution in [0.4, 0.5) is 0 Å². The molecular weight excluding hydrogens is 146 g/mol. The van der Waals surface area contributed by atoms with Crippen molar-refractivity contribution < 1.29 is 0 Å². The lowest BCUT2D eigenvalue weighted by Crippen LogP contribution is -1.81. The molecule has 0 fully saturated rings. The van der Waals surface area contributed by atoms with Gasteiger partial charge in [0.15, 0.2) is 0 Å². The molecule has 1 heterocycles. The molecule has 60 valence electrons. The Balaban J connectivity index is 2.79. The number of aryl methyl sites for hydroxylation is 2. The minimum atomic E-state index is 1.08. The molecule has 2 aromatic rings. The quantitative estimate of drug-likeness (QED) is 0.573. The fraction of sp³-hybridized carbons (Fsp3) is 0.182. The molecule has 0 aliphatic rings. The maximum Gasteiger partial charge on any atom is 0.0379 e. The number of benzene rings is 1. The summed E-state index contributed by atoms with van der Waals surface area (Å²) in [6, 6.07) is 8.53. The van der Waals surface area contributed by atoms with Crippen LogP contribution in [0.15, 0.2) is 30.5 Å². The molecule has 1 nitrogen and oxygen atoms in total. The van der Waals surface area contributed by atoms with Crippen LogP contribution in [0.5, 0.6) is 0 Å². The molecule has 0 aliphatic carbocycles. The van der Waals surface area contributed by atoms with Gasteiger partial charge in [0.1, 0.15) is 0 Å². The molecule has 0 saturated heterocycles. The third-order valence-electron chi connectivity index (χ3n) is 2.01. The van der Waals surface area contributed by atoms with Gasteiger partial charge < -0.3 is 0 Å². The van der Waals surface area contributed by atoms with Crippen molar-refractivity contribution in [3.05, 3.63) is 41.7 Å². The summed E-state index contributed by atoms with van der Waals surface area (Å²) in [7, 11) is 0. The molecule has 1 aromatic heterocycles. The Bertz CT molecular complexity index is 377. The molecule has 0 unspecified atom stereocenters. The van der Waals surface area contributed by atoms with E-state index >= 15 is 0 Å². The Hall–Kier alpha value is -1.37. The summed E-state index contributed by atoms with van der Waals surface area (Å²) < 4.78 is 0. The van der Waals surface area contributed by atoms with E-state index in [4.69, 9.17) is 0 Å². The Kier molecular flexibility index (Phi) is 1.58. The van der Waals surface area contributed by atoms with Crippen molar-refractivity contribution >= 4 is 10.8 Å². The van der Waals surface area contributed by atoms with Gasteiger partial charge in [-0.1, -0.05) is 17.7 Å². The van der Waals surface area contributed by atoms with Gasteiger partial charge in [-0.15, -0.1) is 0 Å². The second kappa shape index (κ2) is 2.59. The van der Waals surface area contributed by atoms with E-state index < -0.39 is 0 Å². The molecule has 0 amide bonds. The number of rotatable bonds is 0. The van der Waals surface area contributed by atoms with E-state index in [1.807, 2.05) is 13.1 Å². The van der Waals surface area contributed by atoms with Gasteiger partial charge in [-0.2, -0.15) is 0 Å². The third kappa shape index (κ3) is 1.18. The summed E-state index contributed by atoms with van der Waals surface area (Å²) in [6.07, 6.45) is 1.93. The lowest BCUT2D eigenvalue weighted by atomic mass is 10.1. The number of nitrogens with zero attached hydrogens (tertiary/aromatic N) is 1. The summed E-state index contributed by atoms with van der Waals surface area (Å²) in [4.78, 5) is 4.25. The second-order valence-electron chi connectivity index (χ2n) is 3.18. The summed E-state index contributed by atoms with van der Waals surface area (Å²) in [5.41, 5.74) is 2.36. The summed E-state index contributed by atoms with van der Waals surface area (Å²) in [5, 5.41) is 2.49. The van der Waals surface area contributed by atoms with Crippen LogP contribution in [0.2, 0.25) is 0 Å². The minimum absolute atomic E-state index is 1.08. The van der Waals surface area contributed by atoms with Crippen LogP contribution >= 0.6 is 0 Å². The topological polar surface area (TPSA) is 12.9 Å². The first-order valence-electron chi connectivity index (χ1n) is 4.09. The molecule has 1 heteroatoms. The molecule has 0 spiro atoms. The number of hydrogen-bond acceptors (Lipinski definition) is 1. The predicted octanol–water partition coefficient (Wildman–Crippen LogP) is 2.85. The summed E-state index contributed by atoms with van der Waals surface area (Å²) in [5.74, 6) is 0. The zero-order valence-electron chi connectivity index (χ0n) is 7.33. The van der Waals surface area contributed by atoms with Crippen LogP contribution in [-0.2, 0) is 0 Å². The highest BCUT2D eigenvalue weighted by Gasteiger charge is 1.93. The number of hydrogen-bond donors (Lipinski definition) is 0. The van der Waals surface area contributed by atoms with E-state index in [0.717, 1.165) is 5.69 Å². The largest absolute Gasteiger partial charge is 0.261 e. The van der Waals surface area contributed by atoms with Crippen LogP contribution in [0.1, 0.15) is 11.3 Å².